The van der Waals surface area contributed by atoms with Gasteiger partial charge >= 0.3 is 0 Å². The molecule has 5 heteroatoms. The number of ketones is 1. The second-order valence-electron chi connectivity index (χ2n) is 2.72. The molecule has 0 fully saturated rings. The molecule has 5 nitrogen and oxygen atoms in total. The minimum Gasteiger partial charge on any atom is -0.388 e. The highest BCUT2D eigenvalue weighted by atomic mass is 16.6. The van der Waals surface area contributed by atoms with Crippen molar-refractivity contribution in [3.63, 3.8) is 0 Å². The van der Waals surface area contributed by atoms with Crippen LogP contribution in [0.1, 0.15) is 12.5 Å². The van der Waals surface area contributed by atoms with Crippen molar-refractivity contribution in [2.45, 2.75) is 6.92 Å². The van der Waals surface area contributed by atoms with Crippen molar-refractivity contribution in [3.05, 3.63) is 30.1 Å². The zero-order chi connectivity index (χ0) is 10.4. The highest BCUT2D eigenvalue weighted by Crippen LogP contribution is 1.90. The second-order valence-corrected chi connectivity index (χ2v) is 2.72. The number of pyridine rings is 1. The van der Waals surface area contributed by atoms with Crippen LogP contribution in [0.2, 0.25) is 0 Å². The number of nitrogens with zero attached hydrogens (tertiary/aromatic N) is 2. The van der Waals surface area contributed by atoms with Crippen LogP contribution in [0.15, 0.2) is 29.7 Å². The molecule has 74 valence electrons. The fourth-order valence-corrected chi connectivity index (χ4v) is 0.742. The number of hydrogen-bond donors (Lipinski definition) is 1. The van der Waals surface area contributed by atoms with Gasteiger partial charge in [-0.25, -0.2) is 0 Å². The third-order valence-electron chi connectivity index (χ3n) is 1.38. The second kappa shape index (κ2) is 4.96. The summed E-state index contributed by atoms with van der Waals surface area (Å²) in [6, 6.07) is 3.31. The summed E-state index contributed by atoms with van der Waals surface area (Å²) in [5, 5.41) is 12.5. The molecular formula is C9H11N2O3+. The molecule has 0 radical (unpaired) electrons. The van der Waals surface area contributed by atoms with E-state index >= 15 is 0 Å². The molecule has 0 spiro atoms. The summed E-state index contributed by atoms with van der Waals surface area (Å²) in [5.41, 5.74) is 0.777. The SMILES string of the molecule is CC(=O)CO/N=C/c1cc[n+](O)cc1. The van der Waals surface area contributed by atoms with E-state index in [1.165, 1.54) is 25.5 Å². The summed E-state index contributed by atoms with van der Waals surface area (Å²) in [6.07, 6.45) is 4.39. The molecular weight excluding hydrogens is 184 g/mol. The molecule has 0 saturated carbocycles. The Hall–Kier alpha value is -1.91. The van der Waals surface area contributed by atoms with E-state index in [-0.39, 0.29) is 12.4 Å². The van der Waals surface area contributed by atoms with E-state index in [2.05, 4.69) is 9.99 Å². The molecule has 14 heavy (non-hydrogen) atoms. The molecule has 0 bridgehead atoms. The van der Waals surface area contributed by atoms with Gasteiger partial charge in [0.25, 0.3) is 0 Å². The van der Waals surface area contributed by atoms with Gasteiger partial charge in [-0.15, -0.1) is 0 Å². The summed E-state index contributed by atoms with van der Waals surface area (Å²) >= 11 is 0. The van der Waals surface area contributed by atoms with Gasteiger partial charge < -0.3 is 4.84 Å². The van der Waals surface area contributed by atoms with Crippen molar-refractivity contribution < 1.29 is 19.6 Å². The standard InChI is InChI=1S/C9H11N2O3/c1-8(12)7-14-10-6-9-2-4-11(13)5-3-9/h2-6,13H,7H2,1H3/q+1/b10-6+. The fourth-order valence-electron chi connectivity index (χ4n) is 0.742. The number of carbonyl (C=O) groups excluding carboxylic acids is 1. The number of aromatic nitrogens is 1. The summed E-state index contributed by atoms with van der Waals surface area (Å²) in [4.78, 5) is 15.1. The van der Waals surface area contributed by atoms with Gasteiger partial charge in [0.2, 0.25) is 12.4 Å². The number of oxime groups is 1. The molecule has 0 aliphatic carbocycles. The van der Waals surface area contributed by atoms with Crippen LogP contribution in [-0.4, -0.2) is 23.8 Å². The Morgan fingerprint density at radius 2 is 2.29 bits per heavy atom. The van der Waals surface area contributed by atoms with E-state index in [0.29, 0.717) is 0 Å². The van der Waals surface area contributed by atoms with Crippen LogP contribution in [0.5, 0.6) is 0 Å². The van der Waals surface area contributed by atoms with Crippen molar-refractivity contribution in [3.8, 4) is 0 Å². The maximum atomic E-state index is 10.5. The molecule has 1 aromatic heterocycles. The Labute approximate surface area is 81.2 Å². The molecule has 1 rings (SSSR count). The molecule has 0 unspecified atom stereocenters. The molecule has 0 atom stereocenters. The van der Waals surface area contributed by atoms with Gasteiger partial charge in [-0.2, -0.15) is 0 Å². The lowest BCUT2D eigenvalue weighted by Gasteiger charge is -1.92. The highest BCUT2D eigenvalue weighted by Gasteiger charge is 1.94. The van der Waals surface area contributed by atoms with Gasteiger partial charge in [-0.3, -0.25) is 10.0 Å². The van der Waals surface area contributed by atoms with Gasteiger partial charge in [0.05, 0.1) is 6.21 Å². The Balaban J connectivity index is 2.44. The van der Waals surface area contributed by atoms with Crippen molar-refractivity contribution >= 4 is 12.0 Å². The Morgan fingerprint density at radius 1 is 1.64 bits per heavy atom. The van der Waals surface area contributed by atoms with E-state index in [4.69, 9.17) is 5.21 Å². The van der Waals surface area contributed by atoms with Crippen LogP contribution in [0.4, 0.5) is 0 Å². The number of rotatable bonds is 4. The zero-order valence-electron chi connectivity index (χ0n) is 7.75. The van der Waals surface area contributed by atoms with Crippen molar-refractivity contribution in [1.82, 2.24) is 0 Å². The molecule has 0 aromatic carbocycles. The molecule has 0 saturated heterocycles. The first-order chi connectivity index (χ1) is 6.68. The lowest BCUT2D eigenvalue weighted by Crippen LogP contribution is -2.27. The van der Waals surface area contributed by atoms with E-state index in [0.717, 1.165) is 10.3 Å². The summed E-state index contributed by atoms with van der Waals surface area (Å²) in [7, 11) is 0. The van der Waals surface area contributed by atoms with Gasteiger partial charge in [-0.1, -0.05) is 5.16 Å². The van der Waals surface area contributed by atoms with Crippen LogP contribution in [0.25, 0.3) is 0 Å². The van der Waals surface area contributed by atoms with Crippen molar-refractivity contribution in [2.24, 2.45) is 5.16 Å². The van der Waals surface area contributed by atoms with Crippen LogP contribution in [-0.2, 0) is 9.63 Å². The first kappa shape index (κ1) is 10.2. The minimum absolute atomic E-state index is 0.0245. The molecule has 1 aromatic rings. The summed E-state index contributed by atoms with van der Waals surface area (Å²) in [6.45, 7) is 1.40. The van der Waals surface area contributed by atoms with Gasteiger partial charge in [-0.05, 0) is 6.92 Å². The number of hydrogen-bond acceptors (Lipinski definition) is 4. The van der Waals surface area contributed by atoms with Gasteiger partial charge in [0, 0.05) is 22.4 Å². The quantitative estimate of drug-likeness (QED) is 0.322. The highest BCUT2D eigenvalue weighted by molar-refractivity contribution is 5.79. The maximum Gasteiger partial charge on any atom is 0.222 e. The lowest BCUT2D eigenvalue weighted by molar-refractivity contribution is -0.904. The number of Topliss-reactive ketones (excluding diaryl/α,β-unsaturated/α-hetero) is 1. The monoisotopic (exact) mass is 195 g/mol. The van der Waals surface area contributed by atoms with E-state index < -0.39 is 0 Å². The normalized spacial score (nSPS) is 10.4. The Morgan fingerprint density at radius 3 is 2.86 bits per heavy atom. The van der Waals surface area contributed by atoms with E-state index in [9.17, 15) is 4.79 Å². The van der Waals surface area contributed by atoms with E-state index in [1.807, 2.05) is 0 Å². The van der Waals surface area contributed by atoms with Crippen LogP contribution in [0.3, 0.4) is 0 Å². The molecule has 0 aliphatic rings. The summed E-state index contributed by atoms with van der Waals surface area (Å²) in [5.74, 6) is -0.0802. The van der Waals surface area contributed by atoms with Gasteiger partial charge in [0.1, 0.15) is 0 Å². The van der Waals surface area contributed by atoms with Crippen molar-refractivity contribution in [2.75, 3.05) is 6.61 Å². The van der Waals surface area contributed by atoms with Crippen LogP contribution < -0.4 is 4.73 Å². The molecule has 0 amide bonds. The fraction of sp³-hybridized carbons (Fsp3) is 0.222. The number of carbonyl (C=O) groups is 1. The van der Waals surface area contributed by atoms with Crippen LogP contribution >= 0.6 is 0 Å². The predicted molar refractivity (Wildman–Crippen MR) is 48.0 cm³/mol. The smallest absolute Gasteiger partial charge is 0.222 e. The lowest BCUT2D eigenvalue weighted by atomic mass is 10.3. The van der Waals surface area contributed by atoms with Crippen LogP contribution in [0, 0.1) is 0 Å². The van der Waals surface area contributed by atoms with E-state index in [1.54, 1.807) is 12.1 Å². The first-order valence-electron chi connectivity index (χ1n) is 4.04. The maximum absolute atomic E-state index is 10.5. The minimum atomic E-state index is -0.0802. The first-order valence-corrected chi connectivity index (χ1v) is 4.04. The van der Waals surface area contributed by atoms with Crippen molar-refractivity contribution in [1.29, 1.82) is 0 Å². The summed E-state index contributed by atoms with van der Waals surface area (Å²) < 4.78 is 0.924. The average molecular weight is 195 g/mol. The zero-order valence-corrected chi connectivity index (χ0v) is 7.75. The topological polar surface area (TPSA) is 62.8 Å². The third-order valence-corrected chi connectivity index (χ3v) is 1.38. The largest absolute Gasteiger partial charge is 0.388 e. The molecule has 1 N–H and O–H groups in total. The molecule has 0 aliphatic heterocycles. The predicted octanol–water partition coefficient (Wildman–Crippen LogP) is 0.151. The Bertz CT molecular complexity index is 332. The Kier molecular flexibility index (Phi) is 3.60. The van der Waals surface area contributed by atoms with Gasteiger partial charge in [0.15, 0.2) is 12.4 Å². The third kappa shape index (κ3) is 3.66. The molecule has 1 heterocycles. The average Bonchev–Trinajstić information content (AvgIpc) is 2.15.